The van der Waals surface area contributed by atoms with Crippen LogP contribution < -0.4 is 5.73 Å². The Bertz CT molecular complexity index is 1010. The highest BCUT2D eigenvalue weighted by atomic mass is 31.2. The minimum absolute atomic E-state index is 0.000816. The van der Waals surface area contributed by atoms with E-state index >= 15 is 0 Å². The van der Waals surface area contributed by atoms with Gasteiger partial charge in [0.25, 0.3) is 0 Å². The average molecular weight is 768 g/mol. The molecule has 308 valence electrons. The third kappa shape index (κ3) is 39.5. The summed E-state index contributed by atoms with van der Waals surface area (Å²) >= 11 is 0. The Morgan fingerprint density at radius 3 is 1.75 bits per heavy atom. The second-order valence-electron chi connectivity index (χ2n) is 13.8. The number of unbranched alkanes of at least 4 members (excludes halogenated alkanes) is 15. The molecule has 0 aromatic carbocycles. The van der Waals surface area contributed by atoms with Crippen molar-refractivity contribution in [1.82, 2.24) is 0 Å². The number of carbonyl (C=O) groups excluding carboxylic acids is 1. The Kier molecular flexibility index (Phi) is 38.2. The topological polar surface area (TPSA) is 138 Å². The molecule has 0 saturated heterocycles. The number of allylic oxidation sites excluding steroid dienone is 8. The number of hydrogen-bond donors (Lipinski definition) is 3. The van der Waals surface area contributed by atoms with Crippen molar-refractivity contribution in [3.8, 4) is 0 Å². The lowest BCUT2D eigenvalue weighted by Crippen LogP contribution is -2.27. The molecular formula is C43H78NO8P. The summed E-state index contributed by atoms with van der Waals surface area (Å²) in [5, 5.41) is 9.72. The smallest absolute Gasteiger partial charge is 0.472 e. The van der Waals surface area contributed by atoms with E-state index in [9.17, 15) is 19.4 Å². The number of rotatable bonds is 39. The van der Waals surface area contributed by atoms with Gasteiger partial charge in [-0.3, -0.25) is 13.8 Å². The first-order valence-electron chi connectivity index (χ1n) is 20.9. The molecule has 0 aliphatic heterocycles. The summed E-state index contributed by atoms with van der Waals surface area (Å²) in [5.41, 5.74) is 5.35. The van der Waals surface area contributed by atoms with Gasteiger partial charge in [0.2, 0.25) is 0 Å². The number of carbonyl (C=O) groups is 1. The highest BCUT2D eigenvalue weighted by Crippen LogP contribution is 2.43. The van der Waals surface area contributed by atoms with Crippen LogP contribution in [0.2, 0.25) is 0 Å². The fourth-order valence-corrected chi connectivity index (χ4v) is 6.26. The molecule has 0 aliphatic carbocycles. The van der Waals surface area contributed by atoms with Crippen molar-refractivity contribution in [2.24, 2.45) is 5.73 Å². The first kappa shape index (κ1) is 51.0. The number of hydrogen-bond acceptors (Lipinski definition) is 8. The maximum atomic E-state index is 12.5. The third-order valence-electron chi connectivity index (χ3n) is 8.56. The van der Waals surface area contributed by atoms with E-state index in [1.54, 1.807) is 6.26 Å². The minimum Gasteiger partial charge on any atom is -0.498 e. The van der Waals surface area contributed by atoms with E-state index in [0.29, 0.717) is 6.42 Å². The molecule has 0 rings (SSSR count). The van der Waals surface area contributed by atoms with Gasteiger partial charge >= 0.3 is 13.8 Å². The van der Waals surface area contributed by atoms with Gasteiger partial charge in [-0.2, -0.15) is 0 Å². The molecule has 0 aromatic heterocycles. The zero-order valence-electron chi connectivity index (χ0n) is 33.6. The van der Waals surface area contributed by atoms with E-state index in [4.69, 9.17) is 24.3 Å². The predicted octanol–water partition coefficient (Wildman–Crippen LogP) is 11.5. The van der Waals surface area contributed by atoms with E-state index in [1.165, 1.54) is 83.5 Å². The minimum atomic E-state index is -4.32. The molecule has 4 N–H and O–H groups in total. The van der Waals surface area contributed by atoms with Gasteiger partial charge in [0.1, 0.15) is 6.61 Å². The van der Waals surface area contributed by atoms with Crippen molar-refractivity contribution in [1.29, 1.82) is 0 Å². The standard InChI is InChI=1S/C43H78NO8P/c1-3-5-6-7-8-9-10-11-12-13-17-20-23-26-29-32-37-49-39-42(40-51-53(47,48)50-38-36-44)52-43(46)35-31-28-25-22-19-16-14-15-18-21-24-27-30-34-41(45)33-4-2/h14,16,18,21-22,25,27,30,32,37,41-42,45H,3-13,15,17,19-20,23-24,26,28-29,31,33-36,38-40,44H2,1-2H3,(H,47,48)/b16-14-,21-18-,25-22-,30-27-,37-32+/t41?,42-/m1/s1. The number of nitrogens with two attached hydrogens (primary N) is 1. The number of aliphatic hydroxyl groups excluding tert-OH is 1. The lowest BCUT2D eigenvalue weighted by Gasteiger charge is -2.19. The fraction of sp³-hybridized carbons (Fsp3) is 0.744. The van der Waals surface area contributed by atoms with E-state index < -0.39 is 19.9 Å². The molecule has 10 heteroatoms. The van der Waals surface area contributed by atoms with Crippen molar-refractivity contribution < 1.29 is 37.9 Å². The third-order valence-corrected chi connectivity index (χ3v) is 9.54. The summed E-state index contributed by atoms with van der Waals surface area (Å²) in [6.45, 7) is 3.96. The molecule has 0 aliphatic rings. The van der Waals surface area contributed by atoms with Crippen molar-refractivity contribution in [2.45, 2.75) is 180 Å². The summed E-state index contributed by atoms with van der Waals surface area (Å²) < 4.78 is 33.1. The fourth-order valence-electron chi connectivity index (χ4n) is 5.50. The van der Waals surface area contributed by atoms with Crippen LogP contribution in [0.5, 0.6) is 0 Å². The Morgan fingerprint density at radius 2 is 1.19 bits per heavy atom. The van der Waals surface area contributed by atoms with Crippen LogP contribution in [0.3, 0.4) is 0 Å². The first-order chi connectivity index (χ1) is 25.8. The Labute approximate surface area is 324 Å². The molecule has 53 heavy (non-hydrogen) atoms. The van der Waals surface area contributed by atoms with E-state index in [-0.39, 0.29) is 38.9 Å². The van der Waals surface area contributed by atoms with Crippen LogP contribution >= 0.6 is 7.82 Å². The summed E-state index contributed by atoms with van der Waals surface area (Å²) in [6.07, 6.45) is 45.4. The molecule has 0 saturated carbocycles. The Balaban J connectivity index is 4.23. The first-order valence-corrected chi connectivity index (χ1v) is 22.4. The Morgan fingerprint density at radius 1 is 0.660 bits per heavy atom. The molecule has 0 fully saturated rings. The van der Waals surface area contributed by atoms with Gasteiger partial charge in [0.15, 0.2) is 6.10 Å². The number of aliphatic hydroxyl groups is 1. The monoisotopic (exact) mass is 768 g/mol. The predicted molar refractivity (Wildman–Crippen MR) is 220 cm³/mol. The van der Waals surface area contributed by atoms with Gasteiger partial charge < -0.3 is 25.2 Å². The van der Waals surface area contributed by atoms with Gasteiger partial charge in [-0.05, 0) is 63.9 Å². The normalized spacial score (nSPS) is 14.7. The van der Waals surface area contributed by atoms with Crippen molar-refractivity contribution >= 4 is 13.8 Å². The second kappa shape index (κ2) is 39.7. The van der Waals surface area contributed by atoms with Crippen molar-refractivity contribution in [2.75, 3.05) is 26.4 Å². The van der Waals surface area contributed by atoms with E-state index in [0.717, 1.165) is 57.8 Å². The molecule has 0 bridgehead atoms. The number of esters is 1. The maximum absolute atomic E-state index is 12.5. The number of phosphoric acid groups is 1. The largest absolute Gasteiger partial charge is 0.498 e. The summed E-state index contributed by atoms with van der Waals surface area (Å²) in [6, 6.07) is 0. The van der Waals surface area contributed by atoms with E-state index in [1.807, 2.05) is 12.2 Å². The number of phosphoric ester groups is 1. The van der Waals surface area contributed by atoms with Crippen LogP contribution in [-0.4, -0.2) is 54.5 Å². The molecule has 0 heterocycles. The van der Waals surface area contributed by atoms with Crippen LogP contribution in [0.25, 0.3) is 0 Å². The molecule has 0 amide bonds. The molecule has 0 radical (unpaired) electrons. The lowest BCUT2D eigenvalue weighted by atomic mass is 10.0. The molecule has 2 unspecified atom stereocenters. The highest BCUT2D eigenvalue weighted by Gasteiger charge is 2.25. The lowest BCUT2D eigenvalue weighted by molar-refractivity contribution is -0.153. The highest BCUT2D eigenvalue weighted by molar-refractivity contribution is 7.47. The van der Waals surface area contributed by atoms with Crippen LogP contribution in [0, 0.1) is 0 Å². The van der Waals surface area contributed by atoms with Crippen LogP contribution in [0.4, 0.5) is 0 Å². The van der Waals surface area contributed by atoms with Gasteiger partial charge in [-0.25, -0.2) is 4.57 Å². The van der Waals surface area contributed by atoms with Gasteiger partial charge in [-0.1, -0.05) is 152 Å². The van der Waals surface area contributed by atoms with Gasteiger partial charge in [-0.15, -0.1) is 0 Å². The van der Waals surface area contributed by atoms with E-state index in [2.05, 4.69) is 56.4 Å². The molecule has 0 spiro atoms. The maximum Gasteiger partial charge on any atom is 0.472 e. The molecule has 3 atom stereocenters. The van der Waals surface area contributed by atoms with Crippen LogP contribution in [0.1, 0.15) is 168 Å². The van der Waals surface area contributed by atoms with Gasteiger partial charge in [0.05, 0.1) is 25.6 Å². The molecule has 9 nitrogen and oxygen atoms in total. The summed E-state index contributed by atoms with van der Waals surface area (Å²) in [5.74, 6) is -0.420. The number of ether oxygens (including phenoxy) is 2. The molecule has 0 aromatic rings. The second-order valence-corrected chi connectivity index (χ2v) is 15.2. The van der Waals surface area contributed by atoms with Crippen LogP contribution in [0.15, 0.2) is 60.9 Å². The zero-order valence-corrected chi connectivity index (χ0v) is 34.5. The Hall–Kier alpha value is -2.00. The van der Waals surface area contributed by atoms with Gasteiger partial charge in [0, 0.05) is 13.0 Å². The van der Waals surface area contributed by atoms with Crippen molar-refractivity contribution in [3.05, 3.63) is 60.9 Å². The van der Waals surface area contributed by atoms with Crippen molar-refractivity contribution in [3.63, 3.8) is 0 Å². The summed E-state index contributed by atoms with van der Waals surface area (Å²) in [4.78, 5) is 22.4. The van der Waals surface area contributed by atoms with Crippen LogP contribution in [-0.2, 0) is 27.9 Å². The summed E-state index contributed by atoms with van der Waals surface area (Å²) in [7, 11) is -4.32. The zero-order chi connectivity index (χ0) is 38.9. The average Bonchev–Trinajstić information content (AvgIpc) is 3.14. The quantitative estimate of drug-likeness (QED) is 0.0183. The molecular weight excluding hydrogens is 689 g/mol. The SMILES string of the molecule is CCCCCCCCCCCCCCCC/C=C/OC[C@H](COP(=O)(O)OCCN)OC(=O)CCC/C=C\C/C=C\C/C=C\C/C=C\CC(O)CCC.